The number of phenolic OH excluding ortho intramolecular Hbond substituents is 1. The van der Waals surface area contributed by atoms with Gasteiger partial charge in [-0.2, -0.15) is 0 Å². The third kappa shape index (κ3) is 2.95. The van der Waals surface area contributed by atoms with Gasteiger partial charge in [0, 0.05) is 6.42 Å². The minimum atomic E-state index is -1.25. The number of hydrogen-bond acceptors (Lipinski definition) is 5. The molecule has 0 aliphatic heterocycles. The molecule has 1 aromatic rings. The van der Waals surface area contributed by atoms with Crippen LogP contribution >= 0.6 is 0 Å². The number of benzene rings is 1. The number of Topliss-reactive ketones (excluding diaryl/α,β-unsaturated/α-hetero) is 3. The number of carbonyl (C=O) groups excluding carboxylic acids is 3. The predicted molar refractivity (Wildman–Crippen MR) is 75.7 cm³/mol. The van der Waals surface area contributed by atoms with Crippen LogP contribution in [0.3, 0.4) is 0 Å². The number of ketones is 3. The Morgan fingerprint density at radius 3 is 2.50 bits per heavy atom. The monoisotopic (exact) mass is 302 g/mol. The minimum absolute atomic E-state index is 0.0714. The Kier molecular flexibility index (Phi) is 4.21. The number of hydrogen-bond donors (Lipinski definition) is 2. The SMILES string of the molecule is CC(=O)C1=C(CC(=O)CC(=O)O)Cc2cccc(O)c2C1=O. The van der Waals surface area contributed by atoms with E-state index in [1.807, 2.05) is 0 Å². The van der Waals surface area contributed by atoms with Gasteiger partial charge in [-0.15, -0.1) is 0 Å². The first-order chi connectivity index (χ1) is 10.3. The van der Waals surface area contributed by atoms with Gasteiger partial charge in [-0.1, -0.05) is 12.1 Å². The van der Waals surface area contributed by atoms with Crippen LogP contribution in [0.2, 0.25) is 0 Å². The van der Waals surface area contributed by atoms with Crippen molar-refractivity contribution in [3.05, 3.63) is 40.5 Å². The van der Waals surface area contributed by atoms with Crippen molar-refractivity contribution in [2.45, 2.75) is 26.2 Å². The summed E-state index contributed by atoms with van der Waals surface area (Å²) in [6.45, 7) is 1.21. The molecule has 0 saturated heterocycles. The van der Waals surface area contributed by atoms with Crippen LogP contribution in [0.25, 0.3) is 0 Å². The highest BCUT2D eigenvalue weighted by molar-refractivity contribution is 6.28. The lowest BCUT2D eigenvalue weighted by atomic mass is 9.81. The van der Waals surface area contributed by atoms with Crippen LogP contribution in [0, 0.1) is 0 Å². The molecule has 6 nitrogen and oxygen atoms in total. The first kappa shape index (κ1) is 15.6. The third-order valence-corrected chi connectivity index (χ3v) is 3.45. The molecule has 0 aromatic heterocycles. The van der Waals surface area contributed by atoms with E-state index in [0.717, 1.165) is 0 Å². The second kappa shape index (κ2) is 5.93. The second-order valence-electron chi connectivity index (χ2n) is 5.14. The molecule has 22 heavy (non-hydrogen) atoms. The minimum Gasteiger partial charge on any atom is -0.507 e. The molecule has 2 N–H and O–H groups in total. The first-order valence-corrected chi connectivity index (χ1v) is 6.63. The number of carbonyl (C=O) groups is 4. The van der Waals surface area contributed by atoms with Crippen LogP contribution in [0.5, 0.6) is 5.75 Å². The maximum Gasteiger partial charge on any atom is 0.310 e. The predicted octanol–water partition coefficient (Wildman–Crippen LogP) is 1.45. The van der Waals surface area contributed by atoms with Crippen LogP contribution in [0.4, 0.5) is 0 Å². The quantitative estimate of drug-likeness (QED) is 0.629. The van der Waals surface area contributed by atoms with E-state index in [2.05, 4.69) is 0 Å². The van der Waals surface area contributed by atoms with Gasteiger partial charge >= 0.3 is 5.97 Å². The lowest BCUT2D eigenvalue weighted by Crippen LogP contribution is -2.23. The van der Waals surface area contributed by atoms with E-state index in [4.69, 9.17) is 5.11 Å². The number of carboxylic acids is 1. The van der Waals surface area contributed by atoms with Crippen molar-refractivity contribution in [2.24, 2.45) is 0 Å². The third-order valence-electron chi connectivity index (χ3n) is 3.45. The standard InChI is InChI=1S/C16H14O6/c1-8(17)14-10(6-11(18)7-13(20)21)5-9-3-2-4-12(19)15(9)16(14)22/h2-4,19H,5-7H2,1H3,(H,20,21). The normalized spacial score (nSPS) is 13.8. The zero-order chi connectivity index (χ0) is 16.4. The summed E-state index contributed by atoms with van der Waals surface area (Å²) in [5.41, 5.74) is 0.768. The Bertz CT molecular complexity index is 726. The van der Waals surface area contributed by atoms with Crippen molar-refractivity contribution < 1.29 is 29.4 Å². The van der Waals surface area contributed by atoms with Crippen molar-refractivity contribution in [2.75, 3.05) is 0 Å². The fourth-order valence-corrected chi connectivity index (χ4v) is 2.63. The Morgan fingerprint density at radius 1 is 1.23 bits per heavy atom. The molecule has 0 spiro atoms. The summed E-state index contributed by atoms with van der Waals surface area (Å²) in [6, 6.07) is 4.55. The van der Waals surface area contributed by atoms with Gasteiger partial charge in [0.15, 0.2) is 5.78 Å². The maximum absolute atomic E-state index is 12.4. The number of aromatic hydroxyl groups is 1. The highest BCUT2D eigenvalue weighted by Crippen LogP contribution is 2.33. The summed E-state index contributed by atoms with van der Waals surface area (Å²) in [5.74, 6) is -3.16. The van der Waals surface area contributed by atoms with Gasteiger partial charge < -0.3 is 10.2 Å². The molecule has 2 rings (SSSR count). The summed E-state index contributed by atoms with van der Waals surface area (Å²) >= 11 is 0. The van der Waals surface area contributed by atoms with Crippen LogP contribution in [-0.4, -0.2) is 33.5 Å². The lowest BCUT2D eigenvalue weighted by Gasteiger charge is -2.21. The summed E-state index contributed by atoms with van der Waals surface area (Å²) in [5, 5.41) is 18.4. The Hall–Kier alpha value is -2.76. The van der Waals surface area contributed by atoms with Gasteiger partial charge in [0.2, 0.25) is 5.78 Å². The number of fused-ring (bicyclic) bond motifs is 1. The topological polar surface area (TPSA) is 109 Å². The van der Waals surface area contributed by atoms with Crippen molar-refractivity contribution >= 4 is 23.3 Å². The zero-order valence-electron chi connectivity index (χ0n) is 11.9. The maximum atomic E-state index is 12.4. The summed E-state index contributed by atoms with van der Waals surface area (Å²) < 4.78 is 0. The summed E-state index contributed by atoms with van der Waals surface area (Å²) in [7, 11) is 0. The Balaban J connectivity index is 2.44. The fraction of sp³-hybridized carbons (Fsp3) is 0.250. The smallest absolute Gasteiger partial charge is 0.310 e. The number of phenols is 1. The van der Waals surface area contributed by atoms with E-state index >= 15 is 0 Å². The molecule has 0 amide bonds. The zero-order valence-corrected chi connectivity index (χ0v) is 11.9. The average Bonchev–Trinajstić information content (AvgIpc) is 2.36. The molecule has 1 aromatic carbocycles. The Morgan fingerprint density at radius 2 is 1.91 bits per heavy atom. The molecule has 114 valence electrons. The van der Waals surface area contributed by atoms with Crippen molar-refractivity contribution in [1.82, 2.24) is 0 Å². The van der Waals surface area contributed by atoms with Crippen LogP contribution in [-0.2, 0) is 20.8 Å². The van der Waals surface area contributed by atoms with E-state index in [0.29, 0.717) is 11.1 Å². The number of allylic oxidation sites excluding steroid dienone is 2. The molecule has 0 fully saturated rings. The average molecular weight is 302 g/mol. The molecule has 1 aliphatic carbocycles. The number of rotatable bonds is 5. The first-order valence-electron chi connectivity index (χ1n) is 6.63. The molecule has 0 heterocycles. The molecule has 0 atom stereocenters. The number of aliphatic carboxylic acids is 1. The van der Waals surface area contributed by atoms with Gasteiger partial charge in [0.25, 0.3) is 0 Å². The van der Waals surface area contributed by atoms with Gasteiger partial charge in [0.1, 0.15) is 18.0 Å². The van der Waals surface area contributed by atoms with Crippen LogP contribution < -0.4 is 0 Å². The fourth-order valence-electron chi connectivity index (χ4n) is 2.63. The van der Waals surface area contributed by atoms with E-state index < -0.39 is 29.7 Å². The van der Waals surface area contributed by atoms with E-state index in [1.165, 1.54) is 13.0 Å². The van der Waals surface area contributed by atoms with Crippen LogP contribution in [0.1, 0.15) is 35.7 Å². The van der Waals surface area contributed by atoms with Gasteiger partial charge in [-0.3, -0.25) is 19.2 Å². The molecule has 1 aliphatic rings. The van der Waals surface area contributed by atoms with Crippen molar-refractivity contribution in [1.29, 1.82) is 0 Å². The largest absolute Gasteiger partial charge is 0.507 e. The highest BCUT2D eigenvalue weighted by Gasteiger charge is 2.31. The highest BCUT2D eigenvalue weighted by atomic mass is 16.4. The molecular formula is C16H14O6. The van der Waals surface area contributed by atoms with Gasteiger partial charge in [0.05, 0.1) is 11.1 Å². The second-order valence-corrected chi connectivity index (χ2v) is 5.14. The summed E-state index contributed by atoms with van der Waals surface area (Å²) in [4.78, 5) is 46.4. The lowest BCUT2D eigenvalue weighted by molar-refractivity contribution is -0.140. The molecule has 6 heteroatoms. The Labute approximate surface area is 126 Å². The van der Waals surface area contributed by atoms with E-state index in [9.17, 15) is 24.3 Å². The molecule has 0 bridgehead atoms. The molecular weight excluding hydrogens is 288 g/mol. The van der Waals surface area contributed by atoms with Crippen molar-refractivity contribution in [3.63, 3.8) is 0 Å². The molecule has 0 saturated carbocycles. The summed E-state index contributed by atoms with van der Waals surface area (Å²) in [6.07, 6.45) is -0.756. The van der Waals surface area contributed by atoms with Crippen LogP contribution in [0.15, 0.2) is 29.3 Å². The molecule has 0 radical (unpaired) electrons. The van der Waals surface area contributed by atoms with E-state index in [1.54, 1.807) is 12.1 Å². The molecule has 0 unspecified atom stereocenters. The number of carboxylic acid groups (broad SMARTS) is 1. The van der Waals surface area contributed by atoms with Gasteiger partial charge in [-0.25, -0.2) is 0 Å². The van der Waals surface area contributed by atoms with Gasteiger partial charge in [-0.05, 0) is 30.5 Å². The van der Waals surface area contributed by atoms with E-state index in [-0.39, 0.29) is 29.7 Å². The van der Waals surface area contributed by atoms with Crippen molar-refractivity contribution in [3.8, 4) is 5.75 Å².